The van der Waals surface area contributed by atoms with Gasteiger partial charge in [0.15, 0.2) is 0 Å². The van der Waals surface area contributed by atoms with Gasteiger partial charge in [-0.05, 0) is 74.0 Å². The molecule has 0 unspecified atom stereocenters. The van der Waals surface area contributed by atoms with Crippen LogP contribution in [0.25, 0.3) is 5.57 Å². The van der Waals surface area contributed by atoms with Gasteiger partial charge in [0.2, 0.25) is 0 Å². The quantitative estimate of drug-likeness (QED) is 0.375. The monoisotopic (exact) mass is 356 g/mol. The summed E-state index contributed by atoms with van der Waals surface area (Å²) in [5.41, 5.74) is 3.99. The summed E-state index contributed by atoms with van der Waals surface area (Å²) in [6.45, 7) is 6.39. The molecule has 0 saturated heterocycles. The topological polar surface area (TPSA) is 37.3 Å². The highest BCUT2D eigenvalue weighted by Gasteiger charge is 2.22. The van der Waals surface area contributed by atoms with Gasteiger partial charge in [-0.25, -0.2) is 4.79 Å². The molecule has 0 amide bonds. The van der Waals surface area contributed by atoms with Gasteiger partial charge >= 0.3 is 5.97 Å². The highest BCUT2D eigenvalue weighted by atomic mass is 16.4. The highest BCUT2D eigenvalue weighted by molar-refractivity contribution is 5.95. The summed E-state index contributed by atoms with van der Waals surface area (Å²) in [4.78, 5) is 11.6. The fourth-order valence-electron chi connectivity index (χ4n) is 4.38. The predicted molar refractivity (Wildman–Crippen MR) is 110 cm³/mol. The Labute approximate surface area is 159 Å². The van der Waals surface area contributed by atoms with E-state index < -0.39 is 5.97 Å². The molecule has 1 aromatic carbocycles. The van der Waals surface area contributed by atoms with Gasteiger partial charge in [-0.15, -0.1) is 0 Å². The van der Waals surface area contributed by atoms with Crippen molar-refractivity contribution in [3.63, 3.8) is 0 Å². The first kappa shape index (κ1) is 20.7. The molecule has 1 fully saturated rings. The van der Waals surface area contributed by atoms with Crippen molar-refractivity contribution in [1.82, 2.24) is 0 Å². The van der Waals surface area contributed by atoms with Crippen LogP contribution in [0.4, 0.5) is 0 Å². The molecule has 1 aliphatic carbocycles. The van der Waals surface area contributed by atoms with E-state index in [1.807, 2.05) is 6.92 Å². The van der Waals surface area contributed by atoms with Gasteiger partial charge in [-0.3, -0.25) is 0 Å². The van der Waals surface area contributed by atoms with Crippen LogP contribution < -0.4 is 0 Å². The lowest BCUT2D eigenvalue weighted by Gasteiger charge is -2.28. The largest absolute Gasteiger partial charge is 0.478 e. The van der Waals surface area contributed by atoms with Crippen molar-refractivity contribution in [2.24, 2.45) is 5.92 Å². The maximum Gasteiger partial charge on any atom is 0.331 e. The molecule has 1 N–H and O–H groups in total. The van der Waals surface area contributed by atoms with Crippen molar-refractivity contribution in [3.05, 3.63) is 41.0 Å². The molecule has 26 heavy (non-hydrogen) atoms. The van der Waals surface area contributed by atoms with Crippen LogP contribution in [0.2, 0.25) is 0 Å². The number of rotatable bonds is 9. The molecule has 1 aliphatic rings. The van der Waals surface area contributed by atoms with E-state index in [1.165, 1.54) is 44.1 Å². The van der Waals surface area contributed by atoms with Crippen molar-refractivity contribution in [2.75, 3.05) is 0 Å². The third kappa shape index (κ3) is 5.72. The summed E-state index contributed by atoms with van der Waals surface area (Å²) in [5.74, 6) is 0.851. The Morgan fingerprint density at radius 1 is 1.00 bits per heavy atom. The summed E-state index contributed by atoms with van der Waals surface area (Å²) in [7, 11) is 0. The summed E-state index contributed by atoms with van der Waals surface area (Å²) in [6.07, 6.45) is 11.8. The maximum absolute atomic E-state index is 11.6. The first-order valence-electron chi connectivity index (χ1n) is 10.6. The zero-order chi connectivity index (χ0) is 18.9. The van der Waals surface area contributed by atoms with E-state index in [-0.39, 0.29) is 0 Å². The van der Waals surface area contributed by atoms with E-state index in [0.717, 1.165) is 36.3 Å². The van der Waals surface area contributed by atoms with E-state index in [1.54, 1.807) is 0 Å². The first-order valence-corrected chi connectivity index (χ1v) is 10.6. The van der Waals surface area contributed by atoms with Gasteiger partial charge in [0.1, 0.15) is 0 Å². The van der Waals surface area contributed by atoms with E-state index >= 15 is 0 Å². The molecular formula is C24H36O2. The van der Waals surface area contributed by atoms with Gasteiger partial charge in [-0.1, -0.05) is 63.8 Å². The number of carboxylic acid groups (broad SMARTS) is 1. The van der Waals surface area contributed by atoms with Crippen LogP contribution in [0.15, 0.2) is 29.8 Å². The van der Waals surface area contributed by atoms with Crippen LogP contribution in [0.3, 0.4) is 0 Å². The molecule has 2 heteroatoms. The normalized spacial score (nSPS) is 21.3. The van der Waals surface area contributed by atoms with Gasteiger partial charge in [0.05, 0.1) is 0 Å². The zero-order valence-electron chi connectivity index (χ0n) is 16.9. The highest BCUT2D eigenvalue weighted by Crippen LogP contribution is 2.37. The van der Waals surface area contributed by atoms with Crippen molar-refractivity contribution in [3.8, 4) is 0 Å². The minimum atomic E-state index is -0.767. The van der Waals surface area contributed by atoms with Crippen molar-refractivity contribution < 1.29 is 9.90 Å². The number of allylic oxidation sites excluding steroid dienone is 1. The van der Waals surface area contributed by atoms with E-state index in [2.05, 4.69) is 38.1 Å². The number of unbranched alkanes of at least 4 members (excludes halogenated alkanes) is 2. The number of hydrogen-bond acceptors (Lipinski definition) is 1. The van der Waals surface area contributed by atoms with Gasteiger partial charge in [0.25, 0.3) is 0 Å². The van der Waals surface area contributed by atoms with Crippen molar-refractivity contribution in [2.45, 2.75) is 90.9 Å². The number of hydrogen-bond donors (Lipinski definition) is 1. The Morgan fingerprint density at radius 3 is 2.19 bits per heavy atom. The molecule has 1 aromatic rings. The smallest absolute Gasteiger partial charge is 0.331 e. The van der Waals surface area contributed by atoms with Crippen LogP contribution in [0.1, 0.15) is 102 Å². The molecule has 0 aliphatic heterocycles. The average Bonchev–Trinajstić information content (AvgIpc) is 2.65. The fraction of sp³-hybridized carbons (Fsp3) is 0.625. The molecule has 144 valence electrons. The van der Waals surface area contributed by atoms with Crippen LogP contribution in [0.5, 0.6) is 0 Å². The Morgan fingerprint density at radius 2 is 1.65 bits per heavy atom. The summed E-state index contributed by atoms with van der Waals surface area (Å²) in [6, 6.07) is 8.72. The van der Waals surface area contributed by atoms with Crippen LogP contribution in [-0.2, 0) is 4.79 Å². The number of carboxylic acids is 1. The minimum Gasteiger partial charge on any atom is -0.478 e. The standard InChI is InChI=1S/C24H36O2/c1-4-6-7-9-23(24(25)26)18(3)20-14-16-22(17-15-20)21-12-10-19(8-5-2)11-13-21/h14-17,19,21H,4-13H2,1-3H3,(H,25,26)/b23-18+. The molecule has 0 radical (unpaired) electrons. The van der Waals surface area contributed by atoms with Gasteiger partial charge < -0.3 is 5.11 Å². The van der Waals surface area contributed by atoms with Crippen LogP contribution in [-0.4, -0.2) is 11.1 Å². The molecule has 0 bridgehead atoms. The van der Waals surface area contributed by atoms with Crippen LogP contribution in [0, 0.1) is 5.92 Å². The molecule has 2 nitrogen and oxygen atoms in total. The lowest BCUT2D eigenvalue weighted by molar-refractivity contribution is -0.132. The summed E-state index contributed by atoms with van der Waals surface area (Å²) >= 11 is 0. The molecular weight excluding hydrogens is 320 g/mol. The molecule has 1 saturated carbocycles. The molecule has 0 aromatic heterocycles. The van der Waals surface area contributed by atoms with Gasteiger partial charge in [0, 0.05) is 5.57 Å². The SMILES string of the molecule is CCCCC/C(C(=O)O)=C(/C)c1ccc(C2CCC(CCC)CC2)cc1. The number of carbonyl (C=O) groups is 1. The summed E-state index contributed by atoms with van der Waals surface area (Å²) in [5, 5.41) is 9.57. The first-order chi connectivity index (χ1) is 12.6. The van der Waals surface area contributed by atoms with E-state index in [9.17, 15) is 9.90 Å². The fourth-order valence-corrected chi connectivity index (χ4v) is 4.38. The molecule has 0 atom stereocenters. The third-order valence-electron chi connectivity index (χ3n) is 6.10. The summed E-state index contributed by atoms with van der Waals surface area (Å²) < 4.78 is 0. The Balaban J connectivity index is 2.05. The molecule has 0 spiro atoms. The maximum atomic E-state index is 11.6. The second-order valence-electron chi connectivity index (χ2n) is 7.99. The number of aliphatic carboxylic acids is 1. The lowest BCUT2D eigenvalue weighted by atomic mass is 9.77. The van der Waals surface area contributed by atoms with E-state index in [0.29, 0.717) is 17.9 Å². The lowest BCUT2D eigenvalue weighted by Crippen LogP contribution is -2.13. The third-order valence-corrected chi connectivity index (χ3v) is 6.10. The minimum absolute atomic E-state index is 0.575. The molecule has 2 rings (SSSR count). The Bertz CT molecular complexity index is 589. The second-order valence-corrected chi connectivity index (χ2v) is 7.99. The van der Waals surface area contributed by atoms with E-state index in [4.69, 9.17) is 0 Å². The Hall–Kier alpha value is -1.57. The van der Waals surface area contributed by atoms with Crippen molar-refractivity contribution in [1.29, 1.82) is 0 Å². The second kappa shape index (κ2) is 10.5. The van der Waals surface area contributed by atoms with Gasteiger partial charge in [-0.2, -0.15) is 0 Å². The van der Waals surface area contributed by atoms with Crippen LogP contribution >= 0.6 is 0 Å². The zero-order valence-corrected chi connectivity index (χ0v) is 16.9. The van der Waals surface area contributed by atoms with Crippen molar-refractivity contribution >= 4 is 11.5 Å². The Kier molecular flexibility index (Phi) is 8.41. The predicted octanol–water partition coefficient (Wildman–Crippen LogP) is 7.20. The average molecular weight is 357 g/mol. The molecule has 0 heterocycles. The number of benzene rings is 1.